The van der Waals surface area contributed by atoms with Gasteiger partial charge in [0.25, 0.3) is 0 Å². The van der Waals surface area contributed by atoms with E-state index in [9.17, 15) is 9.90 Å². The maximum atomic E-state index is 11.6. The molecule has 0 bridgehead atoms. The Labute approximate surface area is 95.0 Å². The van der Waals surface area contributed by atoms with Gasteiger partial charge in [0.15, 0.2) is 0 Å². The second-order valence-electron chi connectivity index (χ2n) is 4.32. The van der Waals surface area contributed by atoms with Crippen LogP contribution in [0, 0.1) is 5.92 Å². The minimum Gasteiger partial charge on any atom is -0.427 e. The first-order valence-electron chi connectivity index (χ1n) is 5.68. The number of para-hydroxylation sites is 1. The molecule has 2 atom stereocenters. The molecule has 1 aromatic carbocycles. The van der Waals surface area contributed by atoms with Gasteiger partial charge in [-0.1, -0.05) is 18.2 Å². The molecule has 1 aliphatic rings. The molecule has 1 N–H and O–H groups in total. The second-order valence-corrected chi connectivity index (χ2v) is 4.32. The second kappa shape index (κ2) is 5.12. The van der Waals surface area contributed by atoms with E-state index in [0.29, 0.717) is 12.2 Å². The van der Waals surface area contributed by atoms with Gasteiger partial charge in [0.05, 0.1) is 6.10 Å². The average Bonchev–Trinajstić information content (AvgIpc) is 2.65. The Morgan fingerprint density at radius 1 is 1.31 bits per heavy atom. The summed E-state index contributed by atoms with van der Waals surface area (Å²) in [6.07, 6.45) is 2.64. The number of rotatable bonds is 3. The van der Waals surface area contributed by atoms with Gasteiger partial charge in [-0.2, -0.15) is 0 Å². The summed E-state index contributed by atoms with van der Waals surface area (Å²) in [7, 11) is 0. The normalized spacial score (nSPS) is 24.3. The molecule has 2 unspecified atom stereocenters. The van der Waals surface area contributed by atoms with Crippen LogP contribution in [0.5, 0.6) is 5.75 Å². The quantitative estimate of drug-likeness (QED) is 0.627. The van der Waals surface area contributed by atoms with Crippen LogP contribution in [-0.4, -0.2) is 17.2 Å². The topological polar surface area (TPSA) is 46.5 Å². The number of aliphatic hydroxyl groups is 1. The van der Waals surface area contributed by atoms with Crippen molar-refractivity contribution in [2.24, 2.45) is 5.92 Å². The maximum Gasteiger partial charge on any atom is 0.311 e. The molecule has 1 aliphatic carbocycles. The van der Waals surface area contributed by atoms with E-state index in [1.165, 1.54) is 0 Å². The molecule has 0 heterocycles. The molecule has 0 amide bonds. The van der Waals surface area contributed by atoms with E-state index in [1.807, 2.05) is 18.2 Å². The van der Waals surface area contributed by atoms with E-state index in [4.69, 9.17) is 4.74 Å². The van der Waals surface area contributed by atoms with Gasteiger partial charge in [0, 0.05) is 6.42 Å². The van der Waals surface area contributed by atoms with Crippen molar-refractivity contribution in [2.75, 3.05) is 0 Å². The highest BCUT2D eigenvalue weighted by molar-refractivity contribution is 5.72. The molecular formula is C13H16O3. The number of carbonyl (C=O) groups is 1. The number of benzene rings is 1. The Hall–Kier alpha value is -1.35. The summed E-state index contributed by atoms with van der Waals surface area (Å²) in [6.45, 7) is 0. The zero-order valence-corrected chi connectivity index (χ0v) is 9.13. The van der Waals surface area contributed by atoms with Gasteiger partial charge in [-0.15, -0.1) is 0 Å². The predicted octanol–water partition coefficient (Wildman–Crippen LogP) is 2.14. The van der Waals surface area contributed by atoms with Crippen LogP contribution in [0.2, 0.25) is 0 Å². The van der Waals surface area contributed by atoms with Crippen molar-refractivity contribution in [3.05, 3.63) is 30.3 Å². The first-order valence-corrected chi connectivity index (χ1v) is 5.68. The average molecular weight is 220 g/mol. The summed E-state index contributed by atoms with van der Waals surface area (Å²) in [5.74, 6) is 0.669. The standard InChI is InChI=1S/C13H16O3/c14-11-7-6-10(8-11)9-13(15)16-12-4-2-1-3-5-12/h1-5,10-11,14H,6-9H2. The lowest BCUT2D eigenvalue weighted by Crippen LogP contribution is -2.13. The highest BCUT2D eigenvalue weighted by Gasteiger charge is 2.25. The van der Waals surface area contributed by atoms with E-state index in [2.05, 4.69) is 0 Å². The predicted molar refractivity (Wildman–Crippen MR) is 60.0 cm³/mol. The molecule has 86 valence electrons. The number of aliphatic hydroxyl groups excluding tert-OH is 1. The fourth-order valence-corrected chi connectivity index (χ4v) is 2.13. The molecule has 16 heavy (non-hydrogen) atoms. The molecular weight excluding hydrogens is 204 g/mol. The number of ether oxygens (including phenoxy) is 1. The molecule has 0 spiro atoms. The van der Waals surface area contributed by atoms with Crippen LogP contribution < -0.4 is 4.74 Å². The molecule has 1 fully saturated rings. The summed E-state index contributed by atoms with van der Waals surface area (Å²) in [5, 5.41) is 9.35. The van der Waals surface area contributed by atoms with Gasteiger partial charge in [0.2, 0.25) is 0 Å². The third kappa shape index (κ3) is 3.07. The summed E-state index contributed by atoms with van der Waals surface area (Å²) in [4.78, 5) is 11.6. The first-order chi connectivity index (χ1) is 7.74. The van der Waals surface area contributed by atoms with Crippen molar-refractivity contribution >= 4 is 5.97 Å². The molecule has 2 rings (SSSR count). The van der Waals surface area contributed by atoms with Gasteiger partial charge in [-0.05, 0) is 37.3 Å². The van der Waals surface area contributed by atoms with Crippen molar-refractivity contribution in [3.63, 3.8) is 0 Å². The summed E-state index contributed by atoms with van der Waals surface area (Å²) in [5.41, 5.74) is 0. The molecule has 1 saturated carbocycles. The maximum absolute atomic E-state index is 11.6. The number of esters is 1. The largest absolute Gasteiger partial charge is 0.427 e. The van der Waals surface area contributed by atoms with Gasteiger partial charge in [-0.3, -0.25) is 4.79 Å². The molecule has 3 heteroatoms. The van der Waals surface area contributed by atoms with Crippen LogP contribution >= 0.6 is 0 Å². The lowest BCUT2D eigenvalue weighted by molar-refractivity contribution is -0.135. The minimum absolute atomic E-state index is 0.203. The van der Waals surface area contributed by atoms with Gasteiger partial charge in [-0.25, -0.2) is 0 Å². The third-order valence-electron chi connectivity index (χ3n) is 2.94. The minimum atomic E-state index is -0.227. The summed E-state index contributed by atoms with van der Waals surface area (Å²) >= 11 is 0. The van der Waals surface area contributed by atoms with E-state index in [1.54, 1.807) is 12.1 Å². The summed E-state index contributed by atoms with van der Waals surface area (Å²) < 4.78 is 5.19. The van der Waals surface area contributed by atoms with Gasteiger partial charge >= 0.3 is 5.97 Å². The van der Waals surface area contributed by atoms with Gasteiger partial charge < -0.3 is 9.84 Å². The molecule has 3 nitrogen and oxygen atoms in total. The number of carbonyl (C=O) groups excluding carboxylic acids is 1. The van der Waals surface area contributed by atoms with E-state index < -0.39 is 0 Å². The molecule has 0 aromatic heterocycles. The Morgan fingerprint density at radius 3 is 2.69 bits per heavy atom. The van der Waals surface area contributed by atoms with Crippen LogP contribution in [-0.2, 0) is 4.79 Å². The number of hydrogen-bond acceptors (Lipinski definition) is 3. The monoisotopic (exact) mass is 220 g/mol. The molecule has 0 radical (unpaired) electrons. The van der Waals surface area contributed by atoms with E-state index >= 15 is 0 Å². The van der Waals surface area contributed by atoms with Crippen LogP contribution in [0.15, 0.2) is 30.3 Å². The fraction of sp³-hybridized carbons (Fsp3) is 0.462. The Morgan fingerprint density at radius 2 is 2.06 bits per heavy atom. The Bertz CT molecular complexity index is 347. The molecule has 1 aromatic rings. The Balaban J connectivity index is 1.81. The third-order valence-corrected chi connectivity index (χ3v) is 2.94. The zero-order valence-electron chi connectivity index (χ0n) is 9.13. The lowest BCUT2D eigenvalue weighted by atomic mass is 10.0. The van der Waals surface area contributed by atoms with Crippen molar-refractivity contribution in [1.82, 2.24) is 0 Å². The highest BCUT2D eigenvalue weighted by atomic mass is 16.5. The van der Waals surface area contributed by atoms with E-state index in [-0.39, 0.29) is 18.0 Å². The summed E-state index contributed by atoms with van der Waals surface area (Å²) in [6, 6.07) is 9.08. The lowest BCUT2D eigenvalue weighted by Gasteiger charge is -2.08. The van der Waals surface area contributed by atoms with Crippen LogP contribution in [0.3, 0.4) is 0 Å². The first kappa shape index (κ1) is 11.1. The van der Waals surface area contributed by atoms with Crippen LogP contribution in [0.4, 0.5) is 0 Å². The van der Waals surface area contributed by atoms with Crippen LogP contribution in [0.1, 0.15) is 25.7 Å². The molecule has 0 saturated heterocycles. The zero-order chi connectivity index (χ0) is 11.4. The van der Waals surface area contributed by atoms with E-state index in [0.717, 1.165) is 19.3 Å². The smallest absolute Gasteiger partial charge is 0.311 e. The van der Waals surface area contributed by atoms with Crippen LogP contribution in [0.25, 0.3) is 0 Å². The van der Waals surface area contributed by atoms with Crippen molar-refractivity contribution in [3.8, 4) is 5.75 Å². The van der Waals surface area contributed by atoms with Crippen molar-refractivity contribution in [1.29, 1.82) is 0 Å². The molecule has 0 aliphatic heterocycles. The fourth-order valence-electron chi connectivity index (χ4n) is 2.13. The van der Waals surface area contributed by atoms with Gasteiger partial charge in [0.1, 0.15) is 5.75 Å². The van der Waals surface area contributed by atoms with Crippen molar-refractivity contribution in [2.45, 2.75) is 31.8 Å². The SMILES string of the molecule is O=C(CC1CCC(O)C1)Oc1ccccc1. The Kier molecular flexibility index (Phi) is 3.57. The number of hydrogen-bond donors (Lipinski definition) is 1. The highest BCUT2D eigenvalue weighted by Crippen LogP contribution is 2.28. The van der Waals surface area contributed by atoms with Crippen molar-refractivity contribution < 1.29 is 14.6 Å².